The summed E-state index contributed by atoms with van der Waals surface area (Å²) in [5.41, 5.74) is 1.32. The van der Waals surface area contributed by atoms with E-state index in [1.165, 1.54) is 5.47 Å². The summed E-state index contributed by atoms with van der Waals surface area (Å²) in [6, 6.07) is 0. The summed E-state index contributed by atoms with van der Waals surface area (Å²) in [4.78, 5) is 0. The molecule has 0 aromatic carbocycles. The number of allylic oxidation sites excluding steroid dienone is 4. The highest BCUT2D eigenvalue weighted by Gasteiger charge is 1.70. The minimum Gasteiger partial charge on any atom is -0.106 e. The largest absolute Gasteiger partial charge is 0.138 e. The van der Waals surface area contributed by atoms with Gasteiger partial charge in [0, 0.05) is 0 Å². The Kier molecular flexibility index (Phi) is 74.9. The second kappa shape index (κ2) is 42.7. The van der Waals surface area contributed by atoms with E-state index in [1.807, 2.05) is 47.6 Å². The van der Waals surface area contributed by atoms with Crippen molar-refractivity contribution in [2.24, 2.45) is 0 Å². The lowest BCUT2D eigenvalue weighted by molar-refractivity contribution is 1.50. The topological polar surface area (TPSA) is 0 Å². The van der Waals surface area contributed by atoms with E-state index in [0.29, 0.717) is 0 Å². The van der Waals surface area contributed by atoms with Crippen LogP contribution < -0.4 is 0 Å². The summed E-state index contributed by atoms with van der Waals surface area (Å²) in [7, 11) is 2.08. The van der Waals surface area contributed by atoms with Crippen molar-refractivity contribution in [2.45, 2.75) is 41.5 Å². The van der Waals surface area contributed by atoms with Gasteiger partial charge in [0.2, 0.25) is 0 Å². The maximum absolute atomic E-state index is 3.00. The first kappa shape index (κ1) is 22.8. The first-order valence-electron chi connectivity index (χ1n) is 5.07. The van der Waals surface area contributed by atoms with Gasteiger partial charge in [-0.05, 0) is 13.8 Å². The Bertz CT molecular complexity index is 102. The Morgan fingerprint density at radius 3 is 1.38 bits per heavy atom. The smallest absolute Gasteiger partial charge is 0.106 e. The van der Waals surface area contributed by atoms with Crippen LogP contribution in [0.1, 0.15) is 41.5 Å². The van der Waals surface area contributed by atoms with Crippen LogP contribution in [0.5, 0.6) is 0 Å². The van der Waals surface area contributed by atoms with Crippen LogP contribution in [0.3, 0.4) is 0 Å². The summed E-state index contributed by atoms with van der Waals surface area (Å²) < 4.78 is 0. The molecular weight excluding hydrogens is 155 g/mol. The van der Waals surface area contributed by atoms with Gasteiger partial charge < -0.3 is 0 Å². The summed E-state index contributed by atoms with van der Waals surface area (Å²) in [5.74, 6) is 0. The monoisotopic (exact) mass is 182 g/mol. The molecule has 78 valence electrons. The zero-order valence-corrected chi connectivity index (χ0v) is 10.6. The average molecular weight is 182 g/mol. The van der Waals surface area contributed by atoms with E-state index in [0.717, 1.165) is 0 Å². The second-order valence-corrected chi connectivity index (χ2v) is 1.53. The van der Waals surface area contributed by atoms with E-state index in [4.69, 9.17) is 0 Å². The van der Waals surface area contributed by atoms with Gasteiger partial charge in [0.25, 0.3) is 0 Å². The highest BCUT2D eigenvalue weighted by molar-refractivity contribution is 6.23. The molecule has 0 atom stereocenters. The van der Waals surface area contributed by atoms with E-state index < -0.39 is 0 Å². The van der Waals surface area contributed by atoms with Gasteiger partial charge >= 0.3 is 0 Å². The Morgan fingerprint density at radius 1 is 1.00 bits per heavy atom. The van der Waals surface area contributed by atoms with Crippen molar-refractivity contribution >= 4 is 7.85 Å². The molecule has 0 spiro atoms. The molecule has 0 saturated heterocycles. The van der Waals surface area contributed by atoms with Crippen LogP contribution in [-0.2, 0) is 0 Å². The van der Waals surface area contributed by atoms with Crippen LogP contribution in [0.15, 0.2) is 36.9 Å². The molecule has 0 unspecified atom stereocenters. The van der Waals surface area contributed by atoms with Crippen molar-refractivity contribution in [3.63, 3.8) is 0 Å². The molecule has 0 aliphatic rings. The Labute approximate surface area is 86.9 Å². The Hall–Kier alpha value is -0.715. The number of hydrogen-bond acceptors (Lipinski definition) is 0. The molecular formula is C12H27B. The maximum Gasteiger partial charge on any atom is 0.138 e. The molecule has 0 saturated carbocycles. The molecule has 0 bridgehead atoms. The van der Waals surface area contributed by atoms with E-state index in [9.17, 15) is 0 Å². The van der Waals surface area contributed by atoms with Crippen LogP contribution in [0, 0.1) is 0 Å². The van der Waals surface area contributed by atoms with Crippen LogP contribution in [0.2, 0.25) is 0 Å². The first-order chi connectivity index (χ1) is 6.31. The van der Waals surface area contributed by atoms with E-state index in [-0.39, 0.29) is 0 Å². The Balaban J connectivity index is -0.0000000573. The van der Waals surface area contributed by atoms with Crippen molar-refractivity contribution in [3.8, 4) is 0 Å². The van der Waals surface area contributed by atoms with Crippen LogP contribution in [0.4, 0.5) is 0 Å². The van der Waals surface area contributed by atoms with Crippen LogP contribution in [0.25, 0.3) is 0 Å². The summed E-state index contributed by atoms with van der Waals surface area (Å²) in [5, 5.41) is 0. The molecule has 0 aromatic heterocycles. The molecule has 0 aliphatic heterocycles. The molecule has 0 aliphatic carbocycles. The average Bonchev–Trinajstić information content (AvgIpc) is 2.27. The fourth-order valence-corrected chi connectivity index (χ4v) is 0.359. The van der Waals surface area contributed by atoms with Gasteiger partial charge in [0.05, 0.1) is 0 Å². The zero-order valence-electron chi connectivity index (χ0n) is 10.6. The van der Waals surface area contributed by atoms with Crippen LogP contribution >= 0.6 is 0 Å². The number of hydrogen-bond donors (Lipinski definition) is 0. The van der Waals surface area contributed by atoms with E-state index in [1.54, 1.807) is 0 Å². The lowest BCUT2D eigenvalue weighted by Gasteiger charge is -1.81. The third-order valence-electron chi connectivity index (χ3n) is 0.885. The van der Waals surface area contributed by atoms with Crippen molar-refractivity contribution in [1.82, 2.24) is 0 Å². The molecule has 0 aromatic rings. The van der Waals surface area contributed by atoms with Crippen molar-refractivity contribution in [1.29, 1.82) is 0 Å². The fraction of sp³-hybridized carbons (Fsp3) is 0.500. The lowest BCUT2D eigenvalue weighted by Crippen LogP contribution is -1.68. The molecule has 0 N–H and O–H groups in total. The lowest BCUT2D eigenvalue weighted by atomic mass is 9.95. The standard InChI is InChI=1S/C6H11B.2C2H6.C2H4/c1-3-5-6(7)4-2;3*1-2/h3-5H,7H2,1-2H3;2*1-2H3;1-2H2/b5-3-,6-4+;;;. The van der Waals surface area contributed by atoms with Crippen LogP contribution in [-0.4, -0.2) is 7.85 Å². The van der Waals surface area contributed by atoms with Crippen molar-refractivity contribution in [3.05, 3.63) is 36.9 Å². The first-order valence-corrected chi connectivity index (χ1v) is 5.07. The molecule has 0 fully saturated rings. The normalized spacial score (nSPS) is 8.31. The predicted molar refractivity (Wildman–Crippen MR) is 71.1 cm³/mol. The van der Waals surface area contributed by atoms with E-state index >= 15 is 0 Å². The molecule has 0 radical (unpaired) electrons. The van der Waals surface area contributed by atoms with Gasteiger partial charge in [0.1, 0.15) is 7.85 Å². The highest BCUT2D eigenvalue weighted by atomic mass is 13.7. The summed E-state index contributed by atoms with van der Waals surface area (Å²) in [6.07, 6.45) is 6.20. The number of rotatable bonds is 1. The molecule has 1 heteroatoms. The maximum atomic E-state index is 3.00. The van der Waals surface area contributed by atoms with E-state index in [2.05, 4.69) is 33.2 Å². The SMILES string of the molecule is BC(/C=C\C)=C/C.C=C.CC.CC. The molecule has 0 rings (SSSR count). The second-order valence-electron chi connectivity index (χ2n) is 1.53. The van der Waals surface area contributed by atoms with Gasteiger partial charge in [-0.2, -0.15) is 0 Å². The van der Waals surface area contributed by atoms with Crippen molar-refractivity contribution in [2.75, 3.05) is 0 Å². The summed E-state index contributed by atoms with van der Waals surface area (Å²) >= 11 is 0. The predicted octanol–water partition coefficient (Wildman–Crippen LogP) is 3.95. The Morgan fingerprint density at radius 2 is 1.31 bits per heavy atom. The molecule has 0 nitrogen and oxygen atoms in total. The van der Waals surface area contributed by atoms with Gasteiger partial charge in [-0.1, -0.05) is 51.4 Å². The molecule has 0 heterocycles. The highest BCUT2D eigenvalue weighted by Crippen LogP contribution is 1.86. The fourth-order valence-electron chi connectivity index (χ4n) is 0.359. The van der Waals surface area contributed by atoms with Gasteiger partial charge in [-0.3, -0.25) is 0 Å². The zero-order chi connectivity index (χ0) is 11.7. The minimum absolute atomic E-state index is 1.32. The minimum atomic E-state index is 1.32. The molecule has 13 heavy (non-hydrogen) atoms. The van der Waals surface area contributed by atoms with Gasteiger partial charge in [-0.25, -0.2) is 0 Å². The quantitative estimate of drug-likeness (QED) is 0.327. The van der Waals surface area contributed by atoms with Gasteiger partial charge in [0.15, 0.2) is 0 Å². The summed E-state index contributed by atoms with van der Waals surface area (Å²) in [6.45, 7) is 18.1. The van der Waals surface area contributed by atoms with Crippen molar-refractivity contribution < 1.29 is 0 Å². The van der Waals surface area contributed by atoms with Gasteiger partial charge in [-0.15, -0.1) is 13.2 Å². The molecule has 0 amide bonds. The third kappa shape index (κ3) is 53.0. The third-order valence-corrected chi connectivity index (χ3v) is 0.885.